The summed E-state index contributed by atoms with van der Waals surface area (Å²) in [6.07, 6.45) is 3.27. The molecule has 2 aromatic rings. The van der Waals surface area contributed by atoms with E-state index in [4.69, 9.17) is 16.3 Å². The van der Waals surface area contributed by atoms with Crippen molar-refractivity contribution in [1.82, 2.24) is 4.31 Å². The number of esters is 1. The number of carbonyl (C=O) groups excluding carboxylic acids is 2. The van der Waals surface area contributed by atoms with Crippen molar-refractivity contribution in [3.63, 3.8) is 0 Å². The topological polar surface area (TPSA) is 84.0 Å². The van der Waals surface area contributed by atoms with Crippen LogP contribution in [0.4, 0.5) is 5.69 Å². The Labute approximate surface area is 199 Å². The van der Waals surface area contributed by atoms with Crippen LogP contribution in [-0.2, 0) is 26.0 Å². The first kappa shape index (κ1) is 23.7. The number of hydrogen-bond donors (Lipinski definition) is 0. The summed E-state index contributed by atoms with van der Waals surface area (Å²) in [5.74, 6) is -1.16. The summed E-state index contributed by atoms with van der Waals surface area (Å²) in [5, 5.41) is 0.0700. The van der Waals surface area contributed by atoms with E-state index in [9.17, 15) is 18.0 Å². The number of rotatable bonds is 5. The molecule has 2 aromatic carbocycles. The molecule has 4 rings (SSSR count). The first-order valence-electron chi connectivity index (χ1n) is 11.2. The number of sulfonamides is 1. The highest BCUT2D eigenvalue weighted by Gasteiger charge is 2.31. The van der Waals surface area contributed by atoms with Crippen molar-refractivity contribution in [1.29, 1.82) is 0 Å². The second-order valence-electron chi connectivity index (χ2n) is 8.38. The third kappa shape index (κ3) is 4.93. The fourth-order valence-corrected chi connectivity index (χ4v) is 6.07. The molecule has 0 aromatic heterocycles. The van der Waals surface area contributed by atoms with E-state index in [2.05, 4.69) is 0 Å². The quantitative estimate of drug-likeness (QED) is 0.590. The second kappa shape index (κ2) is 9.83. The number of piperidine rings is 1. The molecule has 0 spiro atoms. The molecule has 1 amide bonds. The molecular formula is C24H27ClN2O5S. The molecule has 2 aliphatic heterocycles. The molecule has 0 radical (unpaired) electrons. The van der Waals surface area contributed by atoms with Gasteiger partial charge in [-0.05, 0) is 62.4 Å². The molecule has 1 atom stereocenters. The van der Waals surface area contributed by atoms with Crippen molar-refractivity contribution < 1.29 is 22.7 Å². The Hall–Kier alpha value is -2.42. The normalized spacial score (nSPS) is 17.8. The van der Waals surface area contributed by atoms with E-state index >= 15 is 0 Å². The van der Waals surface area contributed by atoms with Gasteiger partial charge in [0.2, 0.25) is 10.0 Å². The van der Waals surface area contributed by atoms with E-state index in [0.29, 0.717) is 19.6 Å². The van der Waals surface area contributed by atoms with Crippen LogP contribution in [0.5, 0.6) is 0 Å². The van der Waals surface area contributed by atoms with Gasteiger partial charge in [0, 0.05) is 25.3 Å². The zero-order valence-corrected chi connectivity index (χ0v) is 20.1. The largest absolute Gasteiger partial charge is 0.449 e. The smallest absolute Gasteiger partial charge is 0.340 e. The summed E-state index contributed by atoms with van der Waals surface area (Å²) in [7, 11) is -3.74. The number of ether oxygens (including phenoxy) is 1. The van der Waals surface area contributed by atoms with E-state index in [1.54, 1.807) is 4.90 Å². The van der Waals surface area contributed by atoms with Crippen LogP contribution in [0.1, 0.15) is 48.5 Å². The number of amides is 1. The van der Waals surface area contributed by atoms with Crippen molar-refractivity contribution in [3.05, 3.63) is 58.6 Å². The lowest BCUT2D eigenvalue weighted by Crippen LogP contribution is -2.42. The minimum absolute atomic E-state index is 0.00955. The van der Waals surface area contributed by atoms with E-state index in [0.717, 1.165) is 43.4 Å². The maximum atomic E-state index is 13.1. The van der Waals surface area contributed by atoms with Gasteiger partial charge in [-0.25, -0.2) is 13.2 Å². The van der Waals surface area contributed by atoms with E-state index in [1.165, 1.54) is 29.4 Å². The molecule has 0 saturated carbocycles. The van der Waals surface area contributed by atoms with Crippen LogP contribution in [0.25, 0.3) is 0 Å². The Bertz CT molecular complexity index is 1160. The number of para-hydroxylation sites is 1. The number of fused-ring (bicyclic) bond motifs is 1. The average Bonchev–Trinajstić information content (AvgIpc) is 2.83. The third-order valence-corrected chi connectivity index (χ3v) is 8.34. The first-order valence-corrected chi connectivity index (χ1v) is 13.0. The molecule has 1 unspecified atom stereocenters. The van der Waals surface area contributed by atoms with Gasteiger partial charge in [-0.1, -0.05) is 36.2 Å². The minimum atomic E-state index is -3.74. The number of nitrogens with zero attached hydrogens (tertiary/aromatic N) is 2. The number of anilines is 1. The van der Waals surface area contributed by atoms with Crippen LogP contribution < -0.4 is 4.90 Å². The summed E-state index contributed by atoms with van der Waals surface area (Å²) in [5.41, 5.74) is 1.83. The zero-order chi connectivity index (χ0) is 23.6. The van der Waals surface area contributed by atoms with Gasteiger partial charge >= 0.3 is 5.97 Å². The molecule has 176 valence electrons. The molecule has 0 aliphatic carbocycles. The predicted octanol–water partition coefficient (Wildman–Crippen LogP) is 4.04. The maximum absolute atomic E-state index is 13.1. The molecule has 1 saturated heterocycles. The highest BCUT2D eigenvalue weighted by atomic mass is 35.5. The predicted molar refractivity (Wildman–Crippen MR) is 126 cm³/mol. The molecule has 0 bridgehead atoms. The molecule has 9 heteroatoms. The van der Waals surface area contributed by atoms with Gasteiger partial charge in [-0.15, -0.1) is 0 Å². The number of carbonyl (C=O) groups is 2. The van der Waals surface area contributed by atoms with Crippen LogP contribution >= 0.6 is 11.6 Å². The van der Waals surface area contributed by atoms with Crippen molar-refractivity contribution in [3.8, 4) is 0 Å². The van der Waals surface area contributed by atoms with Crippen molar-refractivity contribution in [2.24, 2.45) is 0 Å². The van der Waals surface area contributed by atoms with Gasteiger partial charge < -0.3 is 9.64 Å². The lowest BCUT2D eigenvalue weighted by Gasteiger charge is -2.31. The van der Waals surface area contributed by atoms with Crippen molar-refractivity contribution >= 4 is 39.2 Å². The highest BCUT2D eigenvalue weighted by Crippen LogP contribution is 2.29. The van der Waals surface area contributed by atoms with Crippen molar-refractivity contribution in [2.45, 2.75) is 50.0 Å². The number of aryl methyl sites for hydroxylation is 1. The Kier molecular flexibility index (Phi) is 7.07. The molecule has 7 nitrogen and oxygen atoms in total. The number of benzene rings is 2. The lowest BCUT2D eigenvalue weighted by molar-refractivity contribution is -0.126. The van der Waals surface area contributed by atoms with E-state index in [-0.39, 0.29) is 21.4 Å². The van der Waals surface area contributed by atoms with E-state index < -0.39 is 22.1 Å². The molecule has 33 heavy (non-hydrogen) atoms. The van der Waals surface area contributed by atoms with E-state index in [1.807, 2.05) is 24.3 Å². The monoisotopic (exact) mass is 490 g/mol. The van der Waals surface area contributed by atoms with Gasteiger partial charge in [0.05, 0.1) is 15.5 Å². The number of halogens is 1. The van der Waals surface area contributed by atoms with Gasteiger partial charge in [-0.2, -0.15) is 4.31 Å². The molecule has 1 fully saturated rings. The van der Waals surface area contributed by atoms with Crippen LogP contribution in [0, 0.1) is 0 Å². The summed E-state index contributed by atoms with van der Waals surface area (Å²) in [4.78, 5) is 27.6. The minimum Gasteiger partial charge on any atom is -0.449 e. The number of hydrogen-bond acceptors (Lipinski definition) is 5. The standard InChI is InChI=1S/C24H27ClN2O5S/c1-17(23(28)27-15-7-9-18-8-3-4-10-22(18)27)32-24(29)20-16-19(11-12-21(20)25)33(30,31)26-13-5-2-6-14-26/h3-4,8,10-12,16-17H,2,5-7,9,13-15H2,1H3. The highest BCUT2D eigenvalue weighted by molar-refractivity contribution is 7.89. The van der Waals surface area contributed by atoms with Crippen LogP contribution in [0.15, 0.2) is 47.4 Å². The van der Waals surface area contributed by atoms with Gasteiger partial charge in [0.15, 0.2) is 6.10 Å². The lowest BCUT2D eigenvalue weighted by atomic mass is 10.0. The summed E-state index contributed by atoms with van der Waals surface area (Å²) >= 11 is 6.20. The van der Waals surface area contributed by atoms with Gasteiger partial charge in [0.1, 0.15) is 0 Å². The Morgan fingerprint density at radius 1 is 1.00 bits per heavy atom. The molecular weight excluding hydrogens is 464 g/mol. The van der Waals surface area contributed by atoms with Crippen LogP contribution in [0.3, 0.4) is 0 Å². The van der Waals surface area contributed by atoms with Crippen molar-refractivity contribution in [2.75, 3.05) is 24.5 Å². The zero-order valence-electron chi connectivity index (χ0n) is 18.5. The Morgan fingerprint density at radius 3 is 2.48 bits per heavy atom. The van der Waals surface area contributed by atoms with Crippen LogP contribution in [-0.4, -0.2) is 50.3 Å². The SMILES string of the molecule is CC(OC(=O)c1cc(S(=O)(=O)N2CCCCC2)ccc1Cl)C(=O)N1CCCc2ccccc21. The fraction of sp³-hybridized carbons (Fsp3) is 0.417. The molecule has 0 N–H and O–H groups in total. The summed E-state index contributed by atoms with van der Waals surface area (Å²) in [6.45, 7) is 2.96. The molecule has 2 heterocycles. The third-order valence-electron chi connectivity index (χ3n) is 6.12. The molecule has 2 aliphatic rings. The fourth-order valence-electron chi connectivity index (χ4n) is 4.33. The first-order chi connectivity index (χ1) is 15.8. The Balaban J connectivity index is 1.52. The van der Waals surface area contributed by atoms with Gasteiger partial charge in [-0.3, -0.25) is 4.79 Å². The Morgan fingerprint density at radius 2 is 1.73 bits per heavy atom. The summed E-state index contributed by atoms with van der Waals surface area (Å²) < 4.78 is 32.9. The van der Waals surface area contributed by atoms with Crippen LogP contribution in [0.2, 0.25) is 5.02 Å². The maximum Gasteiger partial charge on any atom is 0.340 e. The average molecular weight is 491 g/mol. The second-order valence-corrected chi connectivity index (χ2v) is 10.7. The van der Waals surface area contributed by atoms with Gasteiger partial charge in [0.25, 0.3) is 5.91 Å². The summed E-state index contributed by atoms with van der Waals surface area (Å²) in [6, 6.07) is 11.7.